The summed E-state index contributed by atoms with van der Waals surface area (Å²) in [5.74, 6) is 1.79. The molecule has 34 heavy (non-hydrogen) atoms. The molecule has 0 radical (unpaired) electrons. The first-order valence-electron chi connectivity index (χ1n) is 10.5. The van der Waals surface area contributed by atoms with Crippen LogP contribution in [-0.2, 0) is 23.1 Å². The van der Waals surface area contributed by atoms with Crippen LogP contribution in [0.4, 0.5) is 11.9 Å². The van der Waals surface area contributed by atoms with Crippen LogP contribution < -0.4 is 20.1 Å². The van der Waals surface area contributed by atoms with E-state index in [1.54, 1.807) is 32.4 Å². The Morgan fingerprint density at radius 3 is 1.82 bits per heavy atom. The largest absolute Gasteiger partial charge is 0.497 e. The van der Waals surface area contributed by atoms with Crippen molar-refractivity contribution in [2.24, 2.45) is 0 Å². The molecule has 0 unspecified atom stereocenters. The van der Waals surface area contributed by atoms with Gasteiger partial charge in [-0.05, 0) is 47.5 Å². The number of rotatable bonds is 10. The summed E-state index contributed by atoms with van der Waals surface area (Å²) in [6, 6.07) is 23.1. The summed E-state index contributed by atoms with van der Waals surface area (Å²) in [4.78, 5) is 4.52. The van der Waals surface area contributed by atoms with Crippen molar-refractivity contribution >= 4 is 21.9 Å². The molecule has 0 bridgehead atoms. The Hall–Kier alpha value is -4.05. The smallest absolute Gasteiger partial charge is 0.286 e. The third kappa shape index (κ3) is 5.29. The predicted molar refractivity (Wildman–Crippen MR) is 130 cm³/mol. The molecule has 10 heteroatoms. The van der Waals surface area contributed by atoms with Crippen LogP contribution in [0.15, 0.2) is 83.8 Å². The molecule has 0 saturated carbocycles. The van der Waals surface area contributed by atoms with E-state index >= 15 is 0 Å². The fourth-order valence-corrected chi connectivity index (χ4v) is 4.41. The molecule has 0 aliphatic carbocycles. The number of benzene rings is 3. The maximum atomic E-state index is 13.3. The third-order valence-electron chi connectivity index (χ3n) is 5.07. The Morgan fingerprint density at radius 1 is 0.765 bits per heavy atom. The number of hydrogen-bond acceptors (Lipinski definition) is 8. The van der Waals surface area contributed by atoms with Gasteiger partial charge in [0.05, 0.1) is 19.1 Å². The first kappa shape index (κ1) is 23.1. The summed E-state index contributed by atoms with van der Waals surface area (Å²) in [6.07, 6.45) is 0. The summed E-state index contributed by atoms with van der Waals surface area (Å²) in [6.45, 7) is 0.766. The summed E-state index contributed by atoms with van der Waals surface area (Å²) in [5, 5.41) is 10.4. The Kier molecular flexibility index (Phi) is 6.98. The average molecular weight is 480 g/mol. The van der Waals surface area contributed by atoms with E-state index in [4.69, 9.17) is 9.47 Å². The molecule has 0 fully saturated rings. The van der Waals surface area contributed by atoms with Crippen LogP contribution in [0, 0.1) is 0 Å². The zero-order chi connectivity index (χ0) is 24.0. The lowest BCUT2D eigenvalue weighted by Gasteiger charge is -2.09. The van der Waals surface area contributed by atoms with Crippen molar-refractivity contribution in [2.45, 2.75) is 18.0 Å². The van der Waals surface area contributed by atoms with Crippen LogP contribution in [0.1, 0.15) is 11.1 Å². The van der Waals surface area contributed by atoms with Crippen molar-refractivity contribution in [3.05, 3.63) is 90.0 Å². The summed E-state index contributed by atoms with van der Waals surface area (Å²) < 4.78 is 37.8. The number of ether oxygens (including phenoxy) is 2. The predicted octanol–water partition coefficient (Wildman–Crippen LogP) is 3.76. The molecule has 0 aliphatic rings. The number of hydrogen-bond donors (Lipinski definition) is 2. The van der Waals surface area contributed by atoms with Crippen LogP contribution in [-0.4, -0.2) is 36.8 Å². The minimum atomic E-state index is -3.95. The van der Waals surface area contributed by atoms with Crippen LogP contribution >= 0.6 is 0 Å². The molecule has 9 nitrogen and oxygen atoms in total. The van der Waals surface area contributed by atoms with Gasteiger partial charge in [-0.25, -0.2) is 0 Å². The van der Waals surface area contributed by atoms with Crippen LogP contribution in [0.2, 0.25) is 0 Å². The summed E-state index contributed by atoms with van der Waals surface area (Å²) in [7, 11) is -0.741. The second-order valence-corrected chi connectivity index (χ2v) is 9.09. The van der Waals surface area contributed by atoms with E-state index in [9.17, 15) is 8.42 Å². The van der Waals surface area contributed by atoms with Gasteiger partial charge in [0.25, 0.3) is 10.0 Å². The first-order valence-corrected chi connectivity index (χ1v) is 11.9. The van der Waals surface area contributed by atoms with Crippen molar-refractivity contribution in [1.82, 2.24) is 14.2 Å². The Morgan fingerprint density at radius 2 is 1.29 bits per heavy atom. The lowest BCUT2D eigenvalue weighted by Crippen LogP contribution is -2.18. The van der Waals surface area contributed by atoms with Gasteiger partial charge in [-0.3, -0.25) is 0 Å². The van der Waals surface area contributed by atoms with Crippen molar-refractivity contribution < 1.29 is 17.9 Å². The molecule has 2 N–H and O–H groups in total. The van der Waals surface area contributed by atoms with Gasteiger partial charge < -0.3 is 20.1 Å². The molecule has 0 amide bonds. The lowest BCUT2D eigenvalue weighted by atomic mass is 10.2. The normalized spacial score (nSPS) is 11.1. The highest BCUT2D eigenvalue weighted by Crippen LogP contribution is 2.21. The second kappa shape index (κ2) is 10.3. The van der Waals surface area contributed by atoms with Crippen molar-refractivity contribution in [2.75, 3.05) is 24.9 Å². The Balaban J connectivity index is 1.58. The highest BCUT2D eigenvalue weighted by Gasteiger charge is 2.24. The highest BCUT2D eigenvalue weighted by atomic mass is 32.2. The minimum Gasteiger partial charge on any atom is -0.497 e. The van der Waals surface area contributed by atoms with Crippen LogP contribution in [0.3, 0.4) is 0 Å². The Bertz CT molecular complexity index is 1320. The zero-order valence-corrected chi connectivity index (χ0v) is 19.6. The highest BCUT2D eigenvalue weighted by molar-refractivity contribution is 7.90. The van der Waals surface area contributed by atoms with E-state index in [1.807, 2.05) is 48.5 Å². The van der Waals surface area contributed by atoms with Gasteiger partial charge in [-0.15, -0.1) is 9.19 Å². The van der Waals surface area contributed by atoms with Crippen molar-refractivity contribution in [1.29, 1.82) is 0 Å². The van der Waals surface area contributed by atoms with E-state index in [1.165, 1.54) is 12.1 Å². The number of nitrogens with one attached hydrogen (secondary N) is 2. The lowest BCUT2D eigenvalue weighted by molar-refractivity contribution is 0.414. The second-order valence-electron chi connectivity index (χ2n) is 7.32. The monoisotopic (exact) mass is 479 g/mol. The van der Waals surface area contributed by atoms with Crippen molar-refractivity contribution in [3.63, 3.8) is 0 Å². The molecule has 4 aromatic rings. The SMILES string of the molecule is COc1ccc(CNc2nc(NCc3ccc(OC)cc3)n(S(=O)(=O)c3ccccc3)n2)cc1. The molecule has 4 rings (SSSR count). The number of aromatic nitrogens is 3. The number of nitrogens with zero attached hydrogens (tertiary/aromatic N) is 3. The molecule has 0 saturated heterocycles. The van der Waals surface area contributed by atoms with Crippen molar-refractivity contribution in [3.8, 4) is 11.5 Å². The van der Waals surface area contributed by atoms with Gasteiger partial charge in [0.1, 0.15) is 11.5 Å². The third-order valence-corrected chi connectivity index (χ3v) is 6.64. The summed E-state index contributed by atoms with van der Waals surface area (Å²) >= 11 is 0. The van der Waals surface area contributed by atoms with Crippen LogP contribution in [0.25, 0.3) is 0 Å². The van der Waals surface area contributed by atoms with E-state index in [-0.39, 0.29) is 16.8 Å². The molecular formula is C24H25N5O4S. The molecule has 0 atom stereocenters. The molecule has 0 spiro atoms. The van der Waals surface area contributed by atoms with E-state index in [2.05, 4.69) is 20.7 Å². The zero-order valence-electron chi connectivity index (χ0n) is 18.8. The maximum absolute atomic E-state index is 13.3. The minimum absolute atomic E-state index is 0.108. The standard InChI is InChI=1S/C24H25N5O4S/c1-32-20-12-8-18(9-13-20)16-25-23-27-24(26-17-19-10-14-21(33-2)15-11-19)29(28-23)34(30,31)22-6-4-3-5-7-22/h3-15H,16-17H2,1-2H3,(H2,25,26,27,28). The van der Waals surface area contributed by atoms with Crippen LogP contribution in [0.5, 0.6) is 11.5 Å². The molecule has 3 aromatic carbocycles. The molecule has 0 aliphatic heterocycles. The molecule has 1 heterocycles. The van der Waals surface area contributed by atoms with Gasteiger partial charge in [0.15, 0.2) is 0 Å². The van der Waals surface area contributed by atoms with E-state index in [0.29, 0.717) is 13.1 Å². The van der Waals surface area contributed by atoms with E-state index < -0.39 is 10.0 Å². The van der Waals surface area contributed by atoms with Gasteiger partial charge in [0, 0.05) is 13.1 Å². The van der Waals surface area contributed by atoms with Gasteiger partial charge in [-0.1, -0.05) is 42.5 Å². The summed E-state index contributed by atoms with van der Waals surface area (Å²) in [5.41, 5.74) is 1.90. The maximum Gasteiger partial charge on any atom is 0.286 e. The van der Waals surface area contributed by atoms with E-state index in [0.717, 1.165) is 26.7 Å². The number of anilines is 2. The molecule has 176 valence electrons. The fraction of sp³-hybridized carbons (Fsp3) is 0.167. The molecular weight excluding hydrogens is 454 g/mol. The topological polar surface area (TPSA) is 107 Å². The van der Waals surface area contributed by atoms with Gasteiger partial charge in [0.2, 0.25) is 11.9 Å². The first-order chi connectivity index (χ1) is 16.5. The van der Waals surface area contributed by atoms with Gasteiger partial charge in [-0.2, -0.15) is 13.4 Å². The molecule has 1 aromatic heterocycles. The fourth-order valence-electron chi connectivity index (χ4n) is 3.19. The van der Waals surface area contributed by atoms with Gasteiger partial charge >= 0.3 is 0 Å². The average Bonchev–Trinajstić information content (AvgIpc) is 3.31. The Labute approximate surface area is 198 Å². The number of methoxy groups -OCH3 is 2. The quantitative estimate of drug-likeness (QED) is 0.354.